The predicted octanol–water partition coefficient (Wildman–Crippen LogP) is 15.1. The first-order valence-electron chi connectivity index (χ1n) is 34.8. The van der Waals surface area contributed by atoms with Crippen molar-refractivity contribution in [1.82, 2.24) is 49.1 Å². The van der Waals surface area contributed by atoms with Crippen molar-refractivity contribution in [2.45, 2.75) is 213 Å². The molecule has 12 rings (SSSR count). The molecule has 3 aromatic carbocycles. The maximum absolute atomic E-state index is 15.5. The van der Waals surface area contributed by atoms with Gasteiger partial charge in [-0.3, -0.25) is 14.4 Å². The third-order valence-corrected chi connectivity index (χ3v) is 20.2. The number of rotatable bonds is 16. The molecule has 3 amide bonds. The highest BCUT2D eigenvalue weighted by molar-refractivity contribution is 5.82. The normalized spacial score (nSPS) is 19.5. The summed E-state index contributed by atoms with van der Waals surface area (Å²) >= 11 is 0. The maximum atomic E-state index is 15.5. The number of imidazole rings is 3. The molecule has 4 unspecified atom stereocenters. The van der Waals surface area contributed by atoms with Crippen molar-refractivity contribution in [1.29, 1.82) is 0 Å². The number of alkyl halides is 6. The number of carboxylic acids is 1. The van der Waals surface area contributed by atoms with Crippen LogP contribution < -0.4 is 16.4 Å². The van der Waals surface area contributed by atoms with Gasteiger partial charge in [-0.05, 0) is 147 Å². The molecule has 18 nitrogen and oxygen atoms in total. The number of aldehydes is 1. The van der Waals surface area contributed by atoms with Crippen molar-refractivity contribution in [2.24, 2.45) is 29.4 Å². The Hall–Kier alpha value is -8.07. The molecule has 6 aliphatic rings. The number of alkyl carbamates (subject to hydrolysis) is 1. The number of benzene rings is 3. The fourth-order valence-electron chi connectivity index (χ4n) is 13.9. The molecule has 560 valence electrons. The summed E-state index contributed by atoms with van der Waals surface area (Å²) in [5, 5.41) is 14.3. The van der Waals surface area contributed by atoms with Gasteiger partial charge >= 0.3 is 18.2 Å². The average molecular weight is 1440 g/mol. The summed E-state index contributed by atoms with van der Waals surface area (Å²) in [6.07, 6.45) is 9.05. The number of carboxylic acid groups (broad SMARTS) is 1. The molecule has 27 heteroatoms. The van der Waals surface area contributed by atoms with E-state index in [1.54, 1.807) is 100 Å². The number of hydrogen-bond donors (Lipinski definition) is 4. The van der Waals surface area contributed by atoms with E-state index < -0.39 is 59.2 Å². The fourth-order valence-corrected chi connectivity index (χ4v) is 13.9. The van der Waals surface area contributed by atoms with Crippen molar-refractivity contribution in [3.8, 4) is 33.8 Å². The summed E-state index contributed by atoms with van der Waals surface area (Å²) in [4.78, 5) is 71.8. The first-order valence-corrected chi connectivity index (χ1v) is 34.8. The number of likely N-dealkylation sites (tertiary alicyclic amines) is 2. The van der Waals surface area contributed by atoms with Gasteiger partial charge in [-0.15, -0.1) is 0 Å². The molecule has 6 atom stereocenters. The Bertz CT molecular complexity index is 3660. The van der Waals surface area contributed by atoms with Gasteiger partial charge in [-0.1, -0.05) is 92.3 Å². The Morgan fingerprint density at radius 2 is 0.941 bits per heavy atom. The summed E-state index contributed by atoms with van der Waals surface area (Å²) in [6, 6.07) is 13.2. The number of carbonyl (C=O) groups is 5. The van der Waals surface area contributed by atoms with Crippen LogP contribution in [-0.2, 0) is 23.9 Å². The number of nitrogens with two attached hydrogens (primary N) is 1. The molecule has 0 spiro atoms. The summed E-state index contributed by atoms with van der Waals surface area (Å²) in [7, 11) is 0. The van der Waals surface area contributed by atoms with Crippen LogP contribution in [0.1, 0.15) is 189 Å². The molecule has 3 fully saturated rings. The van der Waals surface area contributed by atoms with Crippen LogP contribution >= 0.6 is 0 Å². The van der Waals surface area contributed by atoms with Crippen molar-refractivity contribution < 1.29 is 73.3 Å². The van der Waals surface area contributed by atoms with Crippen molar-refractivity contribution >= 4 is 30.2 Å². The number of amides is 3. The lowest BCUT2D eigenvalue weighted by molar-refractivity contribution is -0.156. The van der Waals surface area contributed by atoms with Gasteiger partial charge in [0.15, 0.2) is 0 Å². The number of ether oxygens (including phenoxy) is 1. The first-order chi connectivity index (χ1) is 47.5. The highest BCUT2D eigenvalue weighted by Crippen LogP contribution is 2.48. The molecule has 0 radical (unpaired) electrons. The van der Waals surface area contributed by atoms with Crippen LogP contribution in [0, 0.1) is 41.1 Å². The van der Waals surface area contributed by atoms with Crippen molar-refractivity contribution in [3.05, 3.63) is 126 Å². The Morgan fingerprint density at radius 1 is 0.598 bits per heavy atom. The minimum atomic E-state index is -4.64. The van der Waals surface area contributed by atoms with E-state index in [1.165, 1.54) is 18.2 Å². The summed E-state index contributed by atoms with van der Waals surface area (Å²) < 4.78 is 131. The quantitative estimate of drug-likeness (QED) is 0.0524. The number of nitrogens with zero attached hydrogens (tertiary/aromatic N) is 8. The van der Waals surface area contributed by atoms with E-state index in [0.29, 0.717) is 107 Å². The van der Waals surface area contributed by atoms with Gasteiger partial charge in [-0.25, -0.2) is 50.9 Å². The Labute approximate surface area is 591 Å². The van der Waals surface area contributed by atoms with Gasteiger partial charge in [0.1, 0.15) is 46.1 Å². The average Bonchev–Trinajstić information content (AvgIpc) is 1.61. The predicted molar refractivity (Wildman–Crippen MR) is 372 cm³/mol. The van der Waals surface area contributed by atoms with Crippen molar-refractivity contribution in [3.63, 3.8) is 0 Å². The van der Waals surface area contributed by atoms with Gasteiger partial charge in [-0.2, -0.15) is 13.2 Å². The van der Waals surface area contributed by atoms with Gasteiger partial charge in [0.2, 0.25) is 18.1 Å². The lowest BCUT2D eigenvalue weighted by Gasteiger charge is -2.38. The molecule has 0 saturated carbocycles. The van der Waals surface area contributed by atoms with E-state index in [0.717, 1.165) is 46.9 Å². The van der Waals surface area contributed by atoms with Crippen molar-refractivity contribution in [2.75, 3.05) is 39.3 Å². The second-order valence-corrected chi connectivity index (χ2v) is 29.3. The number of aromatic nitrogens is 6. The monoisotopic (exact) mass is 1440 g/mol. The third-order valence-electron chi connectivity index (χ3n) is 20.2. The number of carbonyl (C=O) groups excluding carboxylic acids is 4. The molecule has 5 N–H and O–H groups in total. The minimum absolute atomic E-state index is 0. The first kappa shape index (κ1) is 81.2. The Morgan fingerprint density at radius 3 is 1.25 bits per heavy atom. The highest BCUT2D eigenvalue weighted by atomic mass is 19.4. The highest BCUT2D eigenvalue weighted by Gasteiger charge is 2.43. The SMILES string of the molecule is C.CC(C)C(NC(=O)OC(C)(C)C)C(=O)O.CC(C)[C@H](C)C(=O)N1CCC(F)(CCC2c3c(F)cccc3-c3cncn32)CC1.CC(C)[C@H](N)C(=O)N1CCC(F)(CCC2c3c(F)cccc3-c3cncn32)CC1.Fc1cccc2c1C(CCC1(F)CCNCC1)n1cncc1-2.O=CC(F)(F)F. The number of aliphatic carboxylic acids is 1. The minimum Gasteiger partial charge on any atom is -0.480 e. The molecule has 6 aromatic rings. The molecule has 9 heterocycles. The second-order valence-electron chi connectivity index (χ2n) is 29.3. The molecule has 3 saturated heterocycles. The summed E-state index contributed by atoms with van der Waals surface area (Å²) in [5.41, 5.74) is 8.79. The number of hydrogen-bond acceptors (Lipinski definition) is 11. The van der Waals surface area contributed by atoms with E-state index in [2.05, 4.69) is 25.6 Å². The van der Waals surface area contributed by atoms with E-state index in [1.807, 2.05) is 66.5 Å². The lowest BCUT2D eigenvalue weighted by Crippen LogP contribution is -2.51. The van der Waals surface area contributed by atoms with E-state index in [4.69, 9.17) is 20.4 Å². The number of fused-ring (bicyclic) bond motifs is 9. The number of piperidine rings is 3. The van der Waals surface area contributed by atoms with Crippen LogP contribution in [0.5, 0.6) is 0 Å². The van der Waals surface area contributed by atoms with Gasteiger partial charge in [0, 0.05) is 65.5 Å². The van der Waals surface area contributed by atoms with Crippen LogP contribution in [0.15, 0.2) is 92.2 Å². The second kappa shape index (κ2) is 34.0. The fraction of sp³-hybridized carbons (Fsp3) is 0.573. The van der Waals surface area contributed by atoms with Gasteiger partial charge in [0.25, 0.3) is 0 Å². The Balaban J connectivity index is 0.000000189. The molecule has 0 bridgehead atoms. The molecule has 6 aliphatic heterocycles. The molecule has 3 aromatic heterocycles. The van der Waals surface area contributed by atoms with Crippen LogP contribution in [-0.4, -0.2) is 154 Å². The molecular formula is C75H100F9N11O7. The van der Waals surface area contributed by atoms with E-state index >= 15 is 8.78 Å². The van der Waals surface area contributed by atoms with Crippen LogP contribution in [0.25, 0.3) is 33.8 Å². The zero-order valence-electron chi connectivity index (χ0n) is 59.1. The largest absolute Gasteiger partial charge is 0.480 e. The Kier molecular flexibility index (Phi) is 27.1. The van der Waals surface area contributed by atoms with Gasteiger partial charge in [0.05, 0.1) is 78.8 Å². The van der Waals surface area contributed by atoms with Crippen LogP contribution in [0.2, 0.25) is 0 Å². The smallest absolute Gasteiger partial charge is 0.446 e. The van der Waals surface area contributed by atoms with E-state index in [-0.39, 0.29) is 91.3 Å². The summed E-state index contributed by atoms with van der Waals surface area (Å²) in [6.45, 7) is 21.6. The molecule has 0 aliphatic carbocycles. The topological polar surface area (TPSA) is 225 Å². The summed E-state index contributed by atoms with van der Waals surface area (Å²) in [5.74, 6) is -1.63. The van der Waals surface area contributed by atoms with Crippen LogP contribution in [0.4, 0.5) is 44.3 Å². The molecular weight excluding hydrogens is 1340 g/mol. The standard InChI is InChI=1S/C23H29F2N3O.C22H28F2N4O.C17H19F2N3.C10H19NO4.C2HF3O.CH4/c1-15(2)16(3)22(29)27-11-9-23(25,10-12-27)8-7-19-21-17(5-4-6-18(21)24)20-13-26-14-28(19)20;1-14(2)20(25)21(29)27-10-8-22(24,9-11-27)7-6-17-19-15(4-3-5-16(19)23)18-12-26-13-28(17)18;18-13-3-1-2-12-15-10-21-11-22(15)14(16(12)13)4-5-17(19)6-8-20-9-7-17;1-6(2)7(8(12)13)11-9(14)15-10(3,4)5;3-2(4,5)1-6;/h4-6,13-16,19H,7-12H2,1-3H3;3-5,12-14,17,20H,6-11,25H2,1-2H3;1-3,10-11,14,20H,4-9H2;6-7H,1-5H3,(H,11,14)(H,12,13);1H;1H4/t16-,19?;17?,20-;;;;/m00..../s1. The van der Waals surface area contributed by atoms with Gasteiger partial charge < -0.3 is 49.7 Å². The number of nitrogens with one attached hydrogen (secondary N) is 2. The van der Waals surface area contributed by atoms with E-state index in [9.17, 15) is 49.9 Å². The zero-order chi connectivity index (χ0) is 74.1. The third kappa shape index (κ3) is 19.8. The number of halogens is 9. The lowest BCUT2D eigenvalue weighted by atomic mass is 9.85. The maximum Gasteiger partial charge on any atom is 0.446 e. The molecule has 102 heavy (non-hydrogen) atoms. The van der Waals surface area contributed by atoms with Crippen LogP contribution in [0.3, 0.4) is 0 Å². The zero-order valence-corrected chi connectivity index (χ0v) is 59.1.